The Morgan fingerprint density at radius 2 is 1.55 bits per heavy atom. The van der Waals surface area contributed by atoms with Crippen molar-refractivity contribution in [1.82, 2.24) is 4.40 Å². The first kappa shape index (κ1) is 18.4. The van der Waals surface area contributed by atoms with Gasteiger partial charge in [0.1, 0.15) is 7.05 Å². The molecule has 0 aliphatic rings. The third-order valence-corrected chi connectivity index (χ3v) is 7.55. The quantitative estimate of drug-likeness (QED) is 0.104. The predicted molar refractivity (Wildman–Crippen MR) is 138 cm³/mol. The van der Waals surface area contributed by atoms with Crippen molar-refractivity contribution in [2.75, 3.05) is 0 Å². The molecule has 3 aromatic heterocycles. The highest BCUT2D eigenvalue weighted by Gasteiger charge is 2.26. The average Bonchev–Trinajstić information content (AvgIpc) is 3.16. The van der Waals surface area contributed by atoms with Crippen LogP contribution in [0.5, 0.6) is 0 Å². The van der Waals surface area contributed by atoms with E-state index >= 15 is 0 Å². The number of nitrogens with zero attached hydrogens (tertiary/aromatic N) is 3. The summed E-state index contributed by atoms with van der Waals surface area (Å²) < 4.78 is 4.72. The first-order valence-corrected chi connectivity index (χ1v) is 11.3. The third kappa shape index (κ3) is 2.11. The number of fused-ring (bicyclic) bond motifs is 7. The van der Waals surface area contributed by atoms with Gasteiger partial charge in [0.15, 0.2) is 11.9 Å². The second-order valence-electron chi connectivity index (χ2n) is 9.37. The van der Waals surface area contributed by atoms with Gasteiger partial charge in [-0.25, -0.2) is 9.41 Å². The molecule has 0 radical (unpaired) electrons. The molecule has 7 rings (SSSR count). The number of hydrogen-bond acceptors (Lipinski definition) is 0. The van der Waals surface area contributed by atoms with E-state index in [4.69, 9.17) is 6.57 Å². The van der Waals surface area contributed by atoms with Gasteiger partial charge in [-0.05, 0) is 54.1 Å². The second-order valence-corrected chi connectivity index (χ2v) is 9.37. The fraction of sp³-hybridized carbons (Fsp3) is 0.133. The molecule has 7 aromatic rings. The van der Waals surface area contributed by atoms with Crippen LogP contribution in [0, 0.1) is 27.3 Å². The normalized spacial score (nSPS) is 12.2. The van der Waals surface area contributed by atoms with Crippen molar-refractivity contribution in [2.24, 2.45) is 7.05 Å². The van der Waals surface area contributed by atoms with Crippen LogP contribution in [0.3, 0.4) is 0 Å². The maximum Gasteiger partial charge on any atom is 0.224 e. The van der Waals surface area contributed by atoms with Gasteiger partial charge in [0.2, 0.25) is 5.52 Å². The van der Waals surface area contributed by atoms with E-state index in [1.165, 1.54) is 70.9 Å². The monoisotopic (exact) mass is 424 g/mol. The van der Waals surface area contributed by atoms with E-state index in [-0.39, 0.29) is 0 Å². The van der Waals surface area contributed by atoms with E-state index in [0.29, 0.717) is 5.69 Å². The molecule has 0 aliphatic heterocycles. The lowest BCUT2D eigenvalue weighted by Crippen LogP contribution is -2.29. The molecule has 0 atom stereocenters. The molecule has 0 aliphatic carbocycles. The largest absolute Gasteiger partial charge is 0.308 e. The smallest absolute Gasteiger partial charge is 0.224 e. The number of rotatable bonds is 0. The molecular weight excluding hydrogens is 402 g/mol. The Kier molecular flexibility index (Phi) is 3.35. The van der Waals surface area contributed by atoms with Crippen LogP contribution in [0.15, 0.2) is 60.8 Å². The van der Waals surface area contributed by atoms with E-state index in [0.717, 1.165) is 5.52 Å². The third-order valence-electron chi connectivity index (χ3n) is 7.55. The molecule has 0 amide bonds. The van der Waals surface area contributed by atoms with Gasteiger partial charge in [0.25, 0.3) is 0 Å². The molecule has 3 heterocycles. The van der Waals surface area contributed by atoms with Crippen LogP contribution in [0.4, 0.5) is 5.69 Å². The first-order chi connectivity index (χ1) is 16.0. The minimum Gasteiger partial charge on any atom is -0.308 e. The summed E-state index contributed by atoms with van der Waals surface area (Å²) in [5.41, 5.74) is 9.41. The Morgan fingerprint density at radius 1 is 0.758 bits per heavy atom. The minimum atomic E-state index is 0.676. The molecule has 4 aromatic carbocycles. The zero-order valence-electron chi connectivity index (χ0n) is 19.1. The summed E-state index contributed by atoms with van der Waals surface area (Å²) in [5, 5.41) is 8.89. The number of aromatic nitrogens is 2. The molecule has 0 bridgehead atoms. The van der Waals surface area contributed by atoms with E-state index in [9.17, 15) is 0 Å². The van der Waals surface area contributed by atoms with Crippen LogP contribution in [-0.2, 0) is 7.05 Å². The zero-order valence-corrected chi connectivity index (χ0v) is 19.1. The summed E-state index contributed by atoms with van der Waals surface area (Å²) in [5.74, 6) is 0. The number of benzene rings is 4. The number of pyridine rings is 2. The lowest BCUT2D eigenvalue weighted by molar-refractivity contribution is -0.643. The summed E-state index contributed by atoms with van der Waals surface area (Å²) in [6.45, 7) is 14.3. The highest BCUT2D eigenvalue weighted by atomic mass is 15.0. The molecule has 0 unspecified atom stereocenters. The molecule has 0 saturated carbocycles. The summed E-state index contributed by atoms with van der Waals surface area (Å²) >= 11 is 0. The summed E-state index contributed by atoms with van der Waals surface area (Å²) in [6, 6.07) is 19.6. The highest BCUT2D eigenvalue weighted by molar-refractivity contribution is 6.29. The van der Waals surface area contributed by atoms with E-state index in [1.807, 2.05) is 6.07 Å². The maximum atomic E-state index is 7.62. The summed E-state index contributed by atoms with van der Waals surface area (Å²) in [6.07, 6.45) is 2.18. The van der Waals surface area contributed by atoms with Crippen molar-refractivity contribution in [1.29, 1.82) is 0 Å². The molecule has 3 nitrogen and oxygen atoms in total. The van der Waals surface area contributed by atoms with Crippen molar-refractivity contribution in [3.63, 3.8) is 0 Å². The molecule has 156 valence electrons. The van der Waals surface area contributed by atoms with Gasteiger partial charge in [-0.15, -0.1) is 0 Å². The molecule has 3 heteroatoms. The lowest BCUT2D eigenvalue weighted by atomic mass is 9.92. The van der Waals surface area contributed by atoms with Crippen LogP contribution in [0.2, 0.25) is 0 Å². The summed E-state index contributed by atoms with van der Waals surface area (Å²) in [4.78, 5) is 3.75. The van der Waals surface area contributed by atoms with Crippen LogP contribution < -0.4 is 4.57 Å². The van der Waals surface area contributed by atoms with Gasteiger partial charge in [0, 0.05) is 22.4 Å². The van der Waals surface area contributed by atoms with Crippen LogP contribution in [0.25, 0.3) is 64.6 Å². The maximum absolute atomic E-state index is 7.62. The van der Waals surface area contributed by atoms with Gasteiger partial charge < -0.3 is 4.40 Å². The number of hydrogen-bond donors (Lipinski definition) is 0. The van der Waals surface area contributed by atoms with E-state index < -0.39 is 0 Å². The Labute approximate surface area is 191 Å². The minimum absolute atomic E-state index is 0.676. The fourth-order valence-electron chi connectivity index (χ4n) is 6.04. The molecule has 0 saturated heterocycles. The summed E-state index contributed by atoms with van der Waals surface area (Å²) in [7, 11) is 2.15. The van der Waals surface area contributed by atoms with Gasteiger partial charge in [-0.1, -0.05) is 48.0 Å². The van der Waals surface area contributed by atoms with E-state index in [2.05, 4.69) is 96.4 Å². The topological polar surface area (TPSA) is 12.7 Å². The molecule has 0 N–H and O–H groups in total. The predicted octanol–water partition coefficient (Wildman–Crippen LogP) is 7.44. The Balaban J connectivity index is 1.97. The zero-order chi connectivity index (χ0) is 22.6. The molecule has 0 spiro atoms. The Bertz CT molecular complexity index is 2020. The van der Waals surface area contributed by atoms with Gasteiger partial charge in [-0.2, -0.15) is 0 Å². The molecule has 0 fully saturated rings. The average molecular weight is 425 g/mol. The lowest BCUT2D eigenvalue weighted by Gasteiger charge is -2.17. The van der Waals surface area contributed by atoms with Gasteiger partial charge >= 0.3 is 0 Å². The van der Waals surface area contributed by atoms with Crippen molar-refractivity contribution in [3.05, 3.63) is 88.9 Å². The SMILES string of the molecule is [C-]#[N+]c1ccc2c3ccc4cc[n+](C)c5c6c(C)c7ccc(C)cc7c(C)c6n(c2c1)c3c45. The van der Waals surface area contributed by atoms with Gasteiger partial charge in [-0.3, -0.25) is 0 Å². The first-order valence-electron chi connectivity index (χ1n) is 11.3. The number of aryl methyl sites for hydroxylation is 4. The molecular formula is C30H22N3+. The van der Waals surface area contributed by atoms with Crippen LogP contribution >= 0.6 is 0 Å². The highest BCUT2D eigenvalue weighted by Crippen LogP contribution is 2.44. The Hall–Kier alpha value is -4.16. The van der Waals surface area contributed by atoms with E-state index in [1.54, 1.807) is 0 Å². The van der Waals surface area contributed by atoms with Crippen molar-refractivity contribution in [3.8, 4) is 0 Å². The van der Waals surface area contributed by atoms with Crippen molar-refractivity contribution < 1.29 is 4.57 Å². The second kappa shape index (κ2) is 5.99. The Morgan fingerprint density at radius 3 is 2.36 bits per heavy atom. The fourth-order valence-corrected chi connectivity index (χ4v) is 6.04. The van der Waals surface area contributed by atoms with Gasteiger partial charge in [0.05, 0.1) is 28.4 Å². The van der Waals surface area contributed by atoms with Crippen LogP contribution in [-0.4, -0.2) is 4.40 Å². The van der Waals surface area contributed by atoms with Crippen molar-refractivity contribution in [2.45, 2.75) is 20.8 Å². The standard InChI is InChI=1S/C30H22N3/c1-16-6-9-21-17(2)26-28(18(3)24(21)14-16)33-25-15-20(31-4)8-11-22(25)23-10-7-19-12-13-32(5)30(26)27(19)29(23)33/h6-15H,1-3,5H3/q+1. The molecule has 33 heavy (non-hydrogen) atoms. The van der Waals surface area contributed by atoms with Crippen LogP contribution in [0.1, 0.15) is 16.7 Å². The van der Waals surface area contributed by atoms with Crippen molar-refractivity contribution >= 4 is 65.5 Å².